The van der Waals surface area contributed by atoms with Crippen LogP contribution >= 0.6 is 0 Å². The van der Waals surface area contributed by atoms with E-state index in [1.54, 1.807) is 19.1 Å². The molecule has 3 atom stereocenters. The number of allylic oxidation sites excluding steroid dienone is 3. The van der Waals surface area contributed by atoms with Crippen LogP contribution in [0.15, 0.2) is 71.1 Å². The molecule has 8 nitrogen and oxygen atoms in total. The molecule has 8 heteroatoms. The van der Waals surface area contributed by atoms with Crippen LogP contribution in [0.1, 0.15) is 37.3 Å². The van der Waals surface area contributed by atoms with E-state index in [1.807, 2.05) is 43.3 Å². The minimum Gasteiger partial charge on any atom is -0.468 e. The van der Waals surface area contributed by atoms with Crippen molar-refractivity contribution < 1.29 is 33.3 Å². The van der Waals surface area contributed by atoms with Gasteiger partial charge in [-0.2, -0.15) is 0 Å². The van der Waals surface area contributed by atoms with Gasteiger partial charge in [-0.1, -0.05) is 43.3 Å². The van der Waals surface area contributed by atoms with Crippen molar-refractivity contribution in [1.29, 1.82) is 0 Å². The molecule has 3 aliphatic rings. The maximum atomic E-state index is 13.8. The van der Waals surface area contributed by atoms with Gasteiger partial charge in [-0.15, -0.1) is 0 Å². The Hall–Kier alpha value is -4.07. The number of rotatable bonds is 5. The Morgan fingerprint density at radius 1 is 1.08 bits per heavy atom. The van der Waals surface area contributed by atoms with Gasteiger partial charge in [-0.05, 0) is 42.5 Å². The standard InChI is InChI=1S/C28H27NO7/c1-15-11-19-25(26(30)22(15)27(31)33-3)24(18-9-10-20-21(12-18)36-14-35-20)23(16(2)29-19)28(32)34-13-17-7-5-4-6-8-17/h4-10,12,15,22,24,29H,11,13-14H2,1-3H3/t15-,22+,24-/m1/s1. The molecule has 186 valence electrons. The third-order valence-corrected chi connectivity index (χ3v) is 6.91. The van der Waals surface area contributed by atoms with Crippen molar-refractivity contribution >= 4 is 17.7 Å². The van der Waals surface area contributed by atoms with Crippen LogP contribution in [0.25, 0.3) is 0 Å². The molecule has 0 saturated carbocycles. The second-order valence-corrected chi connectivity index (χ2v) is 9.21. The lowest BCUT2D eigenvalue weighted by Gasteiger charge is -2.38. The molecule has 0 bridgehead atoms. The third-order valence-electron chi connectivity index (χ3n) is 6.91. The monoisotopic (exact) mass is 489 g/mol. The normalized spacial score (nSPS) is 22.6. The number of fused-ring (bicyclic) bond motifs is 1. The highest BCUT2D eigenvalue weighted by molar-refractivity contribution is 6.12. The van der Waals surface area contributed by atoms with E-state index >= 15 is 0 Å². The van der Waals surface area contributed by atoms with Crippen LogP contribution in [0.5, 0.6) is 11.5 Å². The number of ether oxygens (including phenoxy) is 4. The van der Waals surface area contributed by atoms with Gasteiger partial charge in [0, 0.05) is 22.9 Å². The summed E-state index contributed by atoms with van der Waals surface area (Å²) in [5.74, 6) is -2.31. The van der Waals surface area contributed by atoms with Crippen molar-refractivity contribution in [3.8, 4) is 11.5 Å². The first-order valence-corrected chi connectivity index (χ1v) is 11.8. The Kier molecular flexibility index (Phi) is 6.26. The number of methoxy groups -OCH3 is 1. The summed E-state index contributed by atoms with van der Waals surface area (Å²) in [5, 5.41) is 3.27. The maximum absolute atomic E-state index is 13.8. The summed E-state index contributed by atoms with van der Waals surface area (Å²) in [4.78, 5) is 39.9. The van der Waals surface area contributed by atoms with Gasteiger partial charge in [-0.3, -0.25) is 9.59 Å². The van der Waals surface area contributed by atoms with Gasteiger partial charge >= 0.3 is 11.9 Å². The molecule has 2 aromatic rings. The lowest BCUT2D eigenvalue weighted by atomic mass is 9.69. The van der Waals surface area contributed by atoms with Gasteiger partial charge in [0.1, 0.15) is 12.5 Å². The van der Waals surface area contributed by atoms with Crippen molar-refractivity contribution in [2.24, 2.45) is 11.8 Å². The fraction of sp³-hybridized carbons (Fsp3) is 0.321. The first kappa shape index (κ1) is 23.7. The molecule has 1 aliphatic carbocycles. The zero-order valence-electron chi connectivity index (χ0n) is 20.3. The molecule has 2 heterocycles. The van der Waals surface area contributed by atoms with Crippen LogP contribution in [0.3, 0.4) is 0 Å². The Bertz CT molecular complexity index is 1290. The summed E-state index contributed by atoms with van der Waals surface area (Å²) in [6.07, 6.45) is 0.464. The summed E-state index contributed by atoms with van der Waals surface area (Å²) in [6, 6.07) is 14.7. The molecule has 0 saturated heterocycles. The number of dihydropyridines is 1. The van der Waals surface area contributed by atoms with E-state index in [9.17, 15) is 14.4 Å². The van der Waals surface area contributed by atoms with Crippen molar-refractivity contribution in [2.45, 2.75) is 32.8 Å². The molecule has 1 N–H and O–H groups in total. The van der Waals surface area contributed by atoms with Gasteiger partial charge < -0.3 is 24.3 Å². The fourth-order valence-electron chi connectivity index (χ4n) is 5.18. The Labute approximate surface area is 208 Å². The molecule has 2 aliphatic heterocycles. The third kappa shape index (κ3) is 4.12. The zero-order chi connectivity index (χ0) is 25.4. The minimum atomic E-state index is -0.952. The molecule has 0 aromatic heterocycles. The van der Waals surface area contributed by atoms with Crippen LogP contribution in [-0.4, -0.2) is 31.6 Å². The average molecular weight is 490 g/mol. The number of hydrogen-bond donors (Lipinski definition) is 1. The molecule has 0 fully saturated rings. The second-order valence-electron chi connectivity index (χ2n) is 9.21. The predicted octanol–water partition coefficient (Wildman–Crippen LogP) is 3.77. The van der Waals surface area contributed by atoms with Crippen molar-refractivity contribution in [3.63, 3.8) is 0 Å². The van der Waals surface area contributed by atoms with Gasteiger partial charge in [-0.25, -0.2) is 4.79 Å². The molecular formula is C28H27NO7. The van der Waals surface area contributed by atoms with E-state index in [-0.39, 0.29) is 25.1 Å². The van der Waals surface area contributed by atoms with Crippen LogP contribution in [0, 0.1) is 11.8 Å². The Balaban J connectivity index is 1.57. The molecule has 2 aromatic carbocycles. The number of ketones is 1. The summed E-state index contributed by atoms with van der Waals surface area (Å²) < 4.78 is 21.7. The van der Waals surface area contributed by atoms with E-state index in [4.69, 9.17) is 18.9 Å². The summed E-state index contributed by atoms with van der Waals surface area (Å²) >= 11 is 0. The van der Waals surface area contributed by atoms with Gasteiger partial charge in [0.25, 0.3) is 0 Å². The summed E-state index contributed by atoms with van der Waals surface area (Å²) in [5.41, 5.74) is 3.51. The number of nitrogens with one attached hydrogen (secondary N) is 1. The molecule has 0 spiro atoms. The number of benzene rings is 2. The summed E-state index contributed by atoms with van der Waals surface area (Å²) in [7, 11) is 1.27. The van der Waals surface area contributed by atoms with Crippen LogP contribution in [0.4, 0.5) is 0 Å². The smallest absolute Gasteiger partial charge is 0.337 e. The molecule has 0 radical (unpaired) electrons. The summed E-state index contributed by atoms with van der Waals surface area (Å²) in [6.45, 7) is 3.83. The molecule has 0 amide bonds. The van der Waals surface area contributed by atoms with E-state index in [0.29, 0.717) is 46.0 Å². The van der Waals surface area contributed by atoms with Gasteiger partial charge in [0.2, 0.25) is 6.79 Å². The maximum Gasteiger partial charge on any atom is 0.337 e. The van der Waals surface area contributed by atoms with Gasteiger partial charge in [0.15, 0.2) is 17.3 Å². The number of esters is 2. The van der Waals surface area contributed by atoms with Crippen LogP contribution < -0.4 is 14.8 Å². The van der Waals surface area contributed by atoms with Crippen molar-refractivity contribution in [2.75, 3.05) is 13.9 Å². The quantitative estimate of drug-likeness (QED) is 0.501. The van der Waals surface area contributed by atoms with E-state index in [2.05, 4.69) is 5.32 Å². The lowest BCUT2D eigenvalue weighted by Crippen LogP contribution is -2.43. The first-order chi connectivity index (χ1) is 17.4. The average Bonchev–Trinajstić information content (AvgIpc) is 3.35. The number of hydrogen-bond acceptors (Lipinski definition) is 8. The Morgan fingerprint density at radius 2 is 1.83 bits per heavy atom. The number of carbonyl (C=O) groups excluding carboxylic acids is 3. The largest absolute Gasteiger partial charge is 0.468 e. The topological polar surface area (TPSA) is 100 Å². The Morgan fingerprint density at radius 3 is 2.58 bits per heavy atom. The predicted molar refractivity (Wildman–Crippen MR) is 129 cm³/mol. The van der Waals surface area contributed by atoms with Crippen LogP contribution in [0.2, 0.25) is 0 Å². The van der Waals surface area contributed by atoms with E-state index in [0.717, 1.165) is 5.56 Å². The van der Waals surface area contributed by atoms with Crippen molar-refractivity contribution in [1.82, 2.24) is 5.32 Å². The number of carbonyl (C=O) groups is 3. The highest BCUT2D eigenvalue weighted by Gasteiger charge is 2.47. The van der Waals surface area contributed by atoms with Crippen molar-refractivity contribution in [3.05, 3.63) is 82.2 Å². The van der Waals surface area contributed by atoms with E-state index < -0.39 is 23.8 Å². The zero-order valence-corrected chi connectivity index (χ0v) is 20.3. The highest BCUT2D eigenvalue weighted by Crippen LogP contribution is 2.47. The first-order valence-electron chi connectivity index (χ1n) is 11.8. The molecule has 0 unspecified atom stereocenters. The second kappa shape index (κ2) is 9.53. The van der Waals surface area contributed by atoms with Crippen LogP contribution in [-0.2, 0) is 30.5 Å². The molecule has 5 rings (SSSR count). The lowest BCUT2D eigenvalue weighted by molar-refractivity contribution is -0.151. The van der Waals surface area contributed by atoms with Gasteiger partial charge in [0.05, 0.1) is 12.7 Å². The fourth-order valence-corrected chi connectivity index (χ4v) is 5.18. The SMILES string of the molecule is COC(=O)[C@@H]1C(=O)C2=C(C[C@H]1C)NC(C)=C(C(=O)OCc1ccccc1)[C@H]2c1ccc2c(c1)OCO2. The minimum absolute atomic E-state index is 0.0893. The molecule has 36 heavy (non-hydrogen) atoms. The molecular weight excluding hydrogens is 462 g/mol. The van der Waals surface area contributed by atoms with E-state index in [1.165, 1.54) is 7.11 Å². The number of Topliss-reactive ketones (excluding diaryl/α,β-unsaturated/α-hetero) is 1. The highest BCUT2D eigenvalue weighted by atomic mass is 16.7.